The fraction of sp³-hybridized carbons (Fsp3) is 0.500. The Morgan fingerprint density at radius 1 is 1.16 bits per heavy atom. The maximum atomic E-state index is 12.8. The lowest BCUT2D eigenvalue weighted by molar-refractivity contribution is 0.0125. The topological polar surface area (TPSA) is 78.5 Å². The predicted octanol–water partition coefficient (Wildman–Crippen LogP) is 2.40. The normalized spacial score (nSPS) is 22.7. The molecule has 2 unspecified atom stereocenters. The Morgan fingerprint density at radius 2 is 1.84 bits per heavy atom. The standard InChI is InChI=1S/C18H22N4O3/c1-18(2,3)25-17(24)22-10-11-8-12(22)9-21(11)16(23)15-19-13-6-4-5-7-14(13)20-15/h4-7,11-12H,8-10H2,1-3H3,(H,19,20). The molecule has 2 amide bonds. The fourth-order valence-electron chi connectivity index (χ4n) is 3.65. The predicted molar refractivity (Wildman–Crippen MR) is 92.3 cm³/mol. The van der Waals surface area contributed by atoms with E-state index < -0.39 is 5.60 Å². The molecule has 2 bridgehead atoms. The number of ether oxygens (including phenoxy) is 1. The minimum Gasteiger partial charge on any atom is -0.444 e. The van der Waals surface area contributed by atoms with E-state index in [-0.39, 0.29) is 24.1 Å². The van der Waals surface area contributed by atoms with Gasteiger partial charge in [0.05, 0.1) is 23.1 Å². The molecule has 7 heteroatoms. The van der Waals surface area contributed by atoms with E-state index in [1.54, 1.807) is 4.90 Å². The molecule has 2 aliphatic rings. The van der Waals surface area contributed by atoms with Crippen molar-refractivity contribution in [3.05, 3.63) is 30.1 Å². The highest BCUT2D eigenvalue weighted by molar-refractivity contribution is 5.94. The molecule has 0 aliphatic carbocycles. The van der Waals surface area contributed by atoms with Crippen molar-refractivity contribution in [2.45, 2.75) is 44.9 Å². The molecule has 2 atom stereocenters. The number of rotatable bonds is 1. The Balaban J connectivity index is 1.47. The number of carbonyl (C=O) groups excluding carboxylic acids is 2. The average Bonchev–Trinajstić information content (AvgIpc) is 3.25. The van der Waals surface area contributed by atoms with Gasteiger partial charge in [-0.25, -0.2) is 9.78 Å². The number of imidazole rings is 1. The Hall–Kier alpha value is -2.57. The maximum Gasteiger partial charge on any atom is 0.410 e. The quantitative estimate of drug-likeness (QED) is 0.863. The molecule has 2 saturated heterocycles. The third-order valence-corrected chi connectivity index (χ3v) is 4.72. The Bertz CT molecular complexity index is 805. The van der Waals surface area contributed by atoms with E-state index in [2.05, 4.69) is 9.97 Å². The highest BCUT2D eigenvalue weighted by Crippen LogP contribution is 2.32. The summed E-state index contributed by atoms with van der Waals surface area (Å²) in [4.78, 5) is 36.2. The summed E-state index contributed by atoms with van der Waals surface area (Å²) in [5.74, 6) is 0.255. The number of aromatic nitrogens is 2. The van der Waals surface area contributed by atoms with Crippen molar-refractivity contribution in [3.8, 4) is 0 Å². The van der Waals surface area contributed by atoms with Gasteiger partial charge in [0.2, 0.25) is 0 Å². The van der Waals surface area contributed by atoms with Gasteiger partial charge in [0.25, 0.3) is 5.91 Å². The first-order valence-corrected chi connectivity index (χ1v) is 8.57. The molecule has 2 aliphatic heterocycles. The Morgan fingerprint density at radius 3 is 2.48 bits per heavy atom. The summed E-state index contributed by atoms with van der Waals surface area (Å²) in [5, 5.41) is 0. The first-order valence-electron chi connectivity index (χ1n) is 8.57. The molecule has 2 aromatic rings. The number of hydrogen-bond donors (Lipinski definition) is 1. The first-order chi connectivity index (χ1) is 11.8. The van der Waals surface area contributed by atoms with E-state index in [0.717, 1.165) is 17.5 Å². The summed E-state index contributed by atoms with van der Waals surface area (Å²) in [6.07, 6.45) is 0.501. The van der Waals surface area contributed by atoms with Crippen molar-refractivity contribution < 1.29 is 14.3 Å². The number of carbonyl (C=O) groups is 2. The van der Waals surface area contributed by atoms with Crippen molar-refractivity contribution in [2.24, 2.45) is 0 Å². The van der Waals surface area contributed by atoms with Gasteiger partial charge in [-0.3, -0.25) is 4.79 Å². The molecule has 0 saturated carbocycles. The van der Waals surface area contributed by atoms with Gasteiger partial charge < -0.3 is 19.5 Å². The molecule has 1 N–H and O–H groups in total. The van der Waals surface area contributed by atoms with Gasteiger partial charge in [0.15, 0.2) is 5.82 Å². The van der Waals surface area contributed by atoms with Gasteiger partial charge in [0, 0.05) is 13.1 Å². The van der Waals surface area contributed by atoms with E-state index in [4.69, 9.17) is 4.74 Å². The fourth-order valence-corrected chi connectivity index (χ4v) is 3.65. The van der Waals surface area contributed by atoms with E-state index >= 15 is 0 Å². The summed E-state index contributed by atoms with van der Waals surface area (Å²) in [5.41, 5.74) is 1.12. The monoisotopic (exact) mass is 342 g/mol. The lowest BCUT2D eigenvalue weighted by Crippen LogP contribution is -2.51. The molecule has 0 radical (unpaired) electrons. The van der Waals surface area contributed by atoms with Gasteiger partial charge >= 0.3 is 6.09 Å². The van der Waals surface area contributed by atoms with E-state index in [1.807, 2.05) is 49.9 Å². The van der Waals surface area contributed by atoms with E-state index in [9.17, 15) is 9.59 Å². The number of amides is 2. The number of benzene rings is 1. The van der Waals surface area contributed by atoms with Crippen LogP contribution in [0.1, 0.15) is 37.8 Å². The summed E-state index contributed by atoms with van der Waals surface area (Å²) < 4.78 is 5.46. The number of H-pyrrole nitrogens is 1. The van der Waals surface area contributed by atoms with Crippen LogP contribution in [0.4, 0.5) is 4.79 Å². The van der Waals surface area contributed by atoms with Crippen molar-refractivity contribution in [3.63, 3.8) is 0 Å². The van der Waals surface area contributed by atoms with E-state index in [0.29, 0.717) is 18.9 Å². The minimum atomic E-state index is -0.511. The molecular weight excluding hydrogens is 320 g/mol. The zero-order chi connectivity index (χ0) is 17.8. The second-order valence-corrected chi connectivity index (χ2v) is 7.74. The van der Waals surface area contributed by atoms with Crippen LogP contribution in [0.5, 0.6) is 0 Å². The van der Waals surface area contributed by atoms with Crippen LogP contribution in [0.3, 0.4) is 0 Å². The third kappa shape index (κ3) is 2.83. The number of fused-ring (bicyclic) bond motifs is 3. The SMILES string of the molecule is CC(C)(C)OC(=O)N1CC2CC1CN2C(=O)c1nc2ccccc2[nH]1. The van der Waals surface area contributed by atoms with Crippen LogP contribution < -0.4 is 0 Å². The van der Waals surface area contributed by atoms with Gasteiger partial charge in [0.1, 0.15) is 5.60 Å². The molecule has 1 aromatic heterocycles. The number of para-hydroxylation sites is 2. The minimum absolute atomic E-state index is 0.0215. The smallest absolute Gasteiger partial charge is 0.410 e. The number of aromatic amines is 1. The number of nitrogens with one attached hydrogen (secondary N) is 1. The van der Waals surface area contributed by atoms with Crippen molar-refractivity contribution in [1.29, 1.82) is 0 Å². The van der Waals surface area contributed by atoms with Gasteiger partial charge in [-0.15, -0.1) is 0 Å². The number of piperazine rings is 1. The zero-order valence-electron chi connectivity index (χ0n) is 14.7. The van der Waals surface area contributed by atoms with Crippen molar-refractivity contribution in [2.75, 3.05) is 13.1 Å². The van der Waals surface area contributed by atoms with Crippen LogP contribution in [0, 0.1) is 0 Å². The zero-order valence-corrected chi connectivity index (χ0v) is 14.7. The van der Waals surface area contributed by atoms with E-state index in [1.165, 1.54) is 0 Å². The molecule has 7 nitrogen and oxygen atoms in total. The molecular formula is C18H22N4O3. The number of hydrogen-bond acceptors (Lipinski definition) is 4. The summed E-state index contributed by atoms with van der Waals surface area (Å²) in [6, 6.07) is 7.63. The molecule has 0 spiro atoms. The lowest BCUT2D eigenvalue weighted by Gasteiger charge is -2.34. The summed E-state index contributed by atoms with van der Waals surface area (Å²) >= 11 is 0. The maximum absolute atomic E-state index is 12.8. The summed E-state index contributed by atoms with van der Waals surface area (Å²) in [7, 11) is 0. The lowest BCUT2D eigenvalue weighted by atomic mass is 10.2. The van der Waals surface area contributed by atoms with Crippen LogP contribution in [-0.4, -0.2) is 62.5 Å². The molecule has 1 aromatic carbocycles. The van der Waals surface area contributed by atoms with Gasteiger partial charge in [-0.2, -0.15) is 0 Å². The van der Waals surface area contributed by atoms with Crippen LogP contribution in [0.25, 0.3) is 11.0 Å². The second-order valence-electron chi connectivity index (χ2n) is 7.74. The highest BCUT2D eigenvalue weighted by Gasteiger charge is 2.48. The Labute approximate surface area is 146 Å². The molecule has 2 fully saturated rings. The molecule has 4 rings (SSSR count). The van der Waals surface area contributed by atoms with Crippen molar-refractivity contribution >= 4 is 23.0 Å². The van der Waals surface area contributed by atoms with Crippen LogP contribution in [0.15, 0.2) is 24.3 Å². The molecule has 3 heterocycles. The average molecular weight is 342 g/mol. The van der Waals surface area contributed by atoms with Crippen molar-refractivity contribution in [1.82, 2.24) is 19.8 Å². The summed E-state index contributed by atoms with van der Waals surface area (Å²) in [6.45, 7) is 6.62. The third-order valence-electron chi connectivity index (χ3n) is 4.72. The van der Waals surface area contributed by atoms with Gasteiger partial charge in [-0.05, 0) is 39.3 Å². The number of nitrogens with zero attached hydrogens (tertiary/aromatic N) is 3. The van der Waals surface area contributed by atoms with Crippen LogP contribution in [-0.2, 0) is 4.74 Å². The molecule has 132 valence electrons. The number of likely N-dealkylation sites (tertiary alicyclic amines) is 2. The Kier molecular flexibility index (Phi) is 3.49. The van der Waals surface area contributed by atoms with Gasteiger partial charge in [-0.1, -0.05) is 12.1 Å². The molecule has 25 heavy (non-hydrogen) atoms. The van der Waals surface area contributed by atoms with Crippen LogP contribution in [0.2, 0.25) is 0 Å². The largest absolute Gasteiger partial charge is 0.444 e. The first kappa shape index (κ1) is 15.9. The van der Waals surface area contributed by atoms with Crippen LogP contribution >= 0.6 is 0 Å². The highest BCUT2D eigenvalue weighted by atomic mass is 16.6. The second kappa shape index (κ2) is 5.47.